The summed E-state index contributed by atoms with van der Waals surface area (Å²) in [5, 5.41) is 3.44. The van der Waals surface area contributed by atoms with Gasteiger partial charge in [-0.25, -0.2) is 4.79 Å². The first-order chi connectivity index (χ1) is 8.63. The second-order valence-corrected chi connectivity index (χ2v) is 5.96. The summed E-state index contributed by atoms with van der Waals surface area (Å²) in [6, 6.07) is 8.43. The Morgan fingerprint density at radius 3 is 3.11 bits per heavy atom. The molecule has 0 aromatic heterocycles. The fraction of sp³-hybridized carbons (Fsp3) is 0.357. The van der Waals surface area contributed by atoms with Crippen LogP contribution < -0.4 is 5.32 Å². The van der Waals surface area contributed by atoms with Gasteiger partial charge >= 0.3 is 5.97 Å². The minimum Gasteiger partial charge on any atom is -0.461 e. The van der Waals surface area contributed by atoms with Crippen molar-refractivity contribution in [3.05, 3.63) is 42.5 Å². The number of fused-ring (bicyclic) bond motifs is 1. The molecular weight excluding hydrogens is 246 g/mol. The van der Waals surface area contributed by atoms with Gasteiger partial charge in [0.15, 0.2) is 0 Å². The first-order valence-corrected chi connectivity index (χ1v) is 6.76. The number of esters is 1. The fourth-order valence-electron chi connectivity index (χ4n) is 2.02. The van der Waals surface area contributed by atoms with Gasteiger partial charge in [-0.15, -0.1) is 11.8 Å². The van der Waals surface area contributed by atoms with Crippen LogP contribution >= 0.6 is 11.8 Å². The topological polar surface area (TPSA) is 38.3 Å². The Hall–Kier alpha value is -1.26. The van der Waals surface area contributed by atoms with E-state index in [1.165, 1.54) is 16.5 Å². The summed E-state index contributed by atoms with van der Waals surface area (Å²) in [7, 11) is 0. The number of rotatable bonds is 5. The summed E-state index contributed by atoms with van der Waals surface area (Å²) in [4.78, 5) is 12.2. The SMILES string of the molecule is C=CC(=O)OCCNC1(C)Cc2ccccc2S1. The number of hydrogen-bond donors (Lipinski definition) is 1. The van der Waals surface area contributed by atoms with Crippen molar-refractivity contribution >= 4 is 17.7 Å². The monoisotopic (exact) mass is 263 g/mol. The molecule has 18 heavy (non-hydrogen) atoms. The zero-order chi connectivity index (χ0) is 13.0. The van der Waals surface area contributed by atoms with Crippen LogP contribution in [-0.2, 0) is 16.0 Å². The molecular formula is C14H17NO2S. The molecule has 0 radical (unpaired) electrons. The molecule has 1 aliphatic heterocycles. The molecule has 1 aromatic carbocycles. The molecule has 0 aliphatic carbocycles. The molecule has 96 valence electrons. The summed E-state index contributed by atoms with van der Waals surface area (Å²) in [6.07, 6.45) is 2.17. The van der Waals surface area contributed by atoms with Crippen LogP contribution in [0.1, 0.15) is 12.5 Å². The largest absolute Gasteiger partial charge is 0.461 e. The summed E-state index contributed by atoms with van der Waals surface area (Å²) in [5.74, 6) is -0.371. The molecule has 1 heterocycles. The highest BCUT2D eigenvalue weighted by atomic mass is 32.2. The van der Waals surface area contributed by atoms with E-state index in [1.807, 2.05) is 11.8 Å². The second-order valence-electron chi connectivity index (χ2n) is 4.42. The number of carbonyl (C=O) groups is 1. The van der Waals surface area contributed by atoms with Crippen molar-refractivity contribution in [2.24, 2.45) is 0 Å². The summed E-state index contributed by atoms with van der Waals surface area (Å²) < 4.78 is 4.94. The number of hydrogen-bond acceptors (Lipinski definition) is 4. The molecule has 1 aliphatic rings. The number of thioether (sulfide) groups is 1. The second kappa shape index (κ2) is 5.59. The predicted molar refractivity (Wildman–Crippen MR) is 73.6 cm³/mol. The van der Waals surface area contributed by atoms with E-state index >= 15 is 0 Å². The Labute approximate surface area is 112 Å². The molecule has 1 atom stereocenters. The van der Waals surface area contributed by atoms with Gasteiger partial charge in [-0.2, -0.15) is 0 Å². The molecule has 4 heteroatoms. The fourth-order valence-corrected chi connectivity index (χ4v) is 3.32. The van der Waals surface area contributed by atoms with Crippen molar-refractivity contribution in [2.75, 3.05) is 13.2 Å². The van der Waals surface area contributed by atoms with Crippen LogP contribution in [0.15, 0.2) is 41.8 Å². The van der Waals surface area contributed by atoms with Crippen LogP contribution in [0.5, 0.6) is 0 Å². The third-order valence-electron chi connectivity index (χ3n) is 2.85. The lowest BCUT2D eigenvalue weighted by Crippen LogP contribution is -2.40. The normalized spacial score (nSPS) is 21.4. The van der Waals surface area contributed by atoms with Crippen LogP contribution in [0.2, 0.25) is 0 Å². The highest BCUT2D eigenvalue weighted by Gasteiger charge is 2.32. The van der Waals surface area contributed by atoms with Gasteiger partial charge in [-0.3, -0.25) is 5.32 Å². The standard InChI is InChI=1S/C14H17NO2S/c1-3-13(16)17-9-8-15-14(2)10-11-6-4-5-7-12(11)18-14/h3-7,15H,1,8-10H2,2H3. The Balaban J connectivity index is 1.81. The number of nitrogens with one attached hydrogen (secondary N) is 1. The third kappa shape index (κ3) is 3.15. The maximum atomic E-state index is 10.9. The quantitative estimate of drug-likeness (QED) is 0.503. The van der Waals surface area contributed by atoms with Gasteiger partial charge in [0.25, 0.3) is 0 Å². The Morgan fingerprint density at radius 2 is 2.39 bits per heavy atom. The number of benzene rings is 1. The van der Waals surface area contributed by atoms with Crippen molar-refractivity contribution in [1.82, 2.24) is 5.32 Å². The van der Waals surface area contributed by atoms with Gasteiger partial charge in [-0.05, 0) is 18.6 Å². The van der Waals surface area contributed by atoms with Gasteiger partial charge < -0.3 is 4.74 Å². The minimum absolute atomic E-state index is 0.00965. The average molecular weight is 263 g/mol. The van der Waals surface area contributed by atoms with Crippen LogP contribution in [0, 0.1) is 0 Å². The van der Waals surface area contributed by atoms with Crippen LogP contribution in [0.4, 0.5) is 0 Å². The zero-order valence-corrected chi connectivity index (χ0v) is 11.3. The van der Waals surface area contributed by atoms with E-state index in [0.717, 1.165) is 6.42 Å². The lowest BCUT2D eigenvalue weighted by molar-refractivity contribution is -0.137. The summed E-state index contributed by atoms with van der Waals surface area (Å²) in [5.41, 5.74) is 1.38. The smallest absolute Gasteiger partial charge is 0.330 e. The lowest BCUT2D eigenvalue weighted by Gasteiger charge is -2.24. The number of carbonyl (C=O) groups excluding carboxylic acids is 1. The molecule has 0 fully saturated rings. The molecule has 1 unspecified atom stereocenters. The maximum Gasteiger partial charge on any atom is 0.330 e. The molecule has 0 saturated heterocycles. The zero-order valence-electron chi connectivity index (χ0n) is 10.4. The average Bonchev–Trinajstić information content (AvgIpc) is 2.70. The van der Waals surface area contributed by atoms with Gasteiger partial charge in [0.2, 0.25) is 0 Å². The van der Waals surface area contributed by atoms with E-state index in [1.54, 1.807) is 0 Å². The minimum atomic E-state index is -0.371. The van der Waals surface area contributed by atoms with Crippen LogP contribution in [0.3, 0.4) is 0 Å². The van der Waals surface area contributed by atoms with Crippen molar-refractivity contribution in [1.29, 1.82) is 0 Å². The van der Waals surface area contributed by atoms with Crippen molar-refractivity contribution in [3.8, 4) is 0 Å². The van der Waals surface area contributed by atoms with Gasteiger partial charge in [0.1, 0.15) is 6.61 Å². The van der Waals surface area contributed by atoms with Crippen molar-refractivity contribution < 1.29 is 9.53 Å². The molecule has 3 nitrogen and oxygen atoms in total. The van der Waals surface area contributed by atoms with E-state index in [-0.39, 0.29) is 10.8 Å². The molecule has 2 rings (SSSR count). The van der Waals surface area contributed by atoms with E-state index in [9.17, 15) is 4.79 Å². The summed E-state index contributed by atoms with van der Waals surface area (Å²) >= 11 is 1.83. The molecule has 0 spiro atoms. The summed E-state index contributed by atoms with van der Waals surface area (Å²) in [6.45, 7) is 6.55. The Bertz CT molecular complexity index is 434. The van der Waals surface area contributed by atoms with Crippen LogP contribution in [0.25, 0.3) is 0 Å². The highest BCUT2D eigenvalue weighted by Crippen LogP contribution is 2.42. The molecule has 1 N–H and O–H groups in total. The Morgan fingerprint density at radius 1 is 1.61 bits per heavy atom. The van der Waals surface area contributed by atoms with Crippen LogP contribution in [-0.4, -0.2) is 24.0 Å². The highest BCUT2D eigenvalue weighted by molar-refractivity contribution is 8.01. The Kier molecular flexibility index (Phi) is 4.09. The lowest BCUT2D eigenvalue weighted by atomic mass is 10.1. The third-order valence-corrected chi connectivity index (χ3v) is 4.20. The number of ether oxygens (including phenoxy) is 1. The maximum absolute atomic E-state index is 10.9. The molecule has 0 saturated carbocycles. The van der Waals surface area contributed by atoms with E-state index in [4.69, 9.17) is 4.74 Å². The van der Waals surface area contributed by atoms with E-state index < -0.39 is 0 Å². The molecule has 0 amide bonds. The van der Waals surface area contributed by atoms with Gasteiger partial charge in [0, 0.05) is 23.9 Å². The van der Waals surface area contributed by atoms with Crippen molar-refractivity contribution in [2.45, 2.75) is 23.1 Å². The van der Waals surface area contributed by atoms with E-state index in [2.05, 4.69) is 43.1 Å². The first kappa shape index (κ1) is 13.2. The van der Waals surface area contributed by atoms with Crippen molar-refractivity contribution in [3.63, 3.8) is 0 Å². The predicted octanol–water partition coefficient (Wildman–Crippen LogP) is 2.37. The van der Waals surface area contributed by atoms with Gasteiger partial charge in [-0.1, -0.05) is 24.8 Å². The van der Waals surface area contributed by atoms with E-state index in [0.29, 0.717) is 13.2 Å². The van der Waals surface area contributed by atoms with Gasteiger partial charge in [0.05, 0.1) is 4.87 Å². The molecule has 1 aromatic rings. The first-order valence-electron chi connectivity index (χ1n) is 5.94. The molecule has 0 bridgehead atoms.